The van der Waals surface area contributed by atoms with E-state index >= 15 is 0 Å². The molecule has 0 N–H and O–H groups in total. The Morgan fingerprint density at radius 2 is 1.65 bits per heavy atom. The predicted octanol–water partition coefficient (Wildman–Crippen LogP) is 5.07. The molecule has 5 aromatic rings. The van der Waals surface area contributed by atoms with Gasteiger partial charge < -0.3 is 4.52 Å². The van der Waals surface area contributed by atoms with Crippen molar-refractivity contribution in [2.45, 2.75) is 0 Å². The van der Waals surface area contributed by atoms with Gasteiger partial charge in [0.25, 0.3) is 5.89 Å². The zero-order chi connectivity index (χ0) is 21.4. The number of benzene rings is 2. The summed E-state index contributed by atoms with van der Waals surface area (Å²) in [6.07, 6.45) is 4.61. The zero-order valence-electron chi connectivity index (χ0n) is 15.7. The van der Waals surface area contributed by atoms with Crippen LogP contribution in [0.2, 0.25) is 0 Å². The first-order valence-corrected chi connectivity index (χ1v) is 9.14. The van der Waals surface area contributed by atoms with Crippen LogP contribution in [0.1, 0.15) is 0 Å². The van der Waals surface area contributed by atoms with Gasteiger partial charge in [-0.2, -0.15) is 10.1 Å². The predicted molar refractivity (Wildman–Crippen MR) is 105 cm³/mol. The molecule has 0 aliphatic carbocycles. The minimum absolute atomic E-state index is 0.0214. The summed E-state index contributed by atoms with van der Waals surface area (Å²) < 4.78 is 48.9. The van der Waals surface area contributed by atoms with Crippen molar-refractivity contribution in [1.29, 1.82) is 0 Å². The molecule has 31 heavy (non-hydrogen) atoms. The normalized spacial score (nSPS) is 11.1. The van der Waals surface area contributed by atoms with Crippen molar-refractivity contribution in [2.24, 2.45) is 0 Å². The van der Waals surface area contributed by atoms with Gasteiger partial charge in [-0.05, 0) is 42.5 Å². The molecule has 3 heterocycles. The molecule has 0 amide bonds. The highest BCUT2D eigenvalue weighted by Crippen LogP contribution is 2.34. The van der Waals surface area contributed by atoms with E-state index < -0.39 is 17.5 Å². The lowest BCUT2D eigenvalue weighted by Crippen LogP contribution is -2.02. The molecule has 6 nitrogen and oxygen atoms in total. The molecule has 0 aliphatic rings. The Hall–Kier alpha value is -4.27. The second kappa shape index (κ2) is 7.52. The molecule has 9 heteroatoms. The Kier molecular flexibility index (Phi) is 4.55. The number of hydrogen-bond donors (Lipinski definition) is 0. The van der Waals surface area contributed by atoms with Gasteiger partial charge in [0.2, 0.25) is 5.82 Å². The number of para-hydroxylation sites is 1. The van der Waals surface area contributed by atoms with Crippen molar-refractivity contribution >= 4 is 0 Å². The standard InChI is InChI=1S/C22H12F3N5O/c23-14-5-6-17(24)15(11-14)21-28-22(31-29-21)16-12-27-30(19-4-2-1-3-18(19)25)20(16)13-7-9-26-10-8-13/h1-12H. The van der Waals surface area contributed by atoms with Gasteiger partial charge >= 0.3 is 0 Å². The molecule has 0 fully saturated rings. The summed E-state index contributed by atoms with van der Waals surface area (Å²) in [5.41, 5.74) is 1.62. The van der Waals surface area contributed by atoms with Crippen molar-refractivity contribution in [3.8, 4) is 39.8 Å². The number of hydrogen-bond acceptors (Lipinski definition) is 5. The summed E-state index contributed by atoms with van der Waals surface area (Å²) in [5, 5.41) is 8.09. The zero-order valence-corrected chi connectivity index (χ0v) is 15.7. The molecule has 0 spiro atoms. The third kappa shape index (κ3) is 3.35. The van der Waals surface area contributed by atoms with Crippen LogP contribution in [-0.2, 0) is 0 Å². The fourth-order valence-corrected chi connectivity index (χ4v) is 3.21. The monoisotopic (exact) mass is 419 g/mol. The average molecular weight is 419 g/mol. The maximum Gasteiger partial charge on any atom is 0.262 e. The molecular weight excluding hydrogens is 407 g/mol. The Labute approximate surface area is 173 Å². The van der Waals surface area contributed by atoms with Crippen molar-refractivity contribution < 1.29 is 17.7 Å². The quantitative estimate of drug-likeness (QED) is 0.407. The minimum Gasteiger partial charge on any atom is -0.333 e. The van der Waals surface area contributed by atoms with Gasteiger partial charge in [-0.1, -0.05) is 17.3 Å². The molecule has 2 aromatic carbocycles. The van der Waals surface area contributed by atoms with E-state index in [0.29, 0.717) is 16.8 Å². The summed E-state index contributed by atoms with van der Waals surface area (Å²) in [4.78, 5) is 8.23. The average Bonchev–Trinajstić information content (AvgIpc) is 3.44. The maximum atomic E-state index is 14.5. The van der Waals surface area contributed by atoms with Gasteiger partial charge in [-0.25, -0.2) is 17.9 Å². The van der Waals surface area contributed by atoms with Crippen LogP contribution in [0.25, 0.3) is 39.8 Å². The second-order valence-corrected chi connectivity index (χ2v) is 6.55. The molecule has 0 saturated heterocycles. The maximum absolute atomic E-state index is 14.5. The molecule has 3 aromatic heterocycles. The Morgan fingerprint density at radius 1 is 0.839 bits per heavy atom. The summed E-state index contributed by atoms with van der Waals surface area (Å²) in [6, 6.07) is 12.6. The number of nitrogens with zero attached hydrogens (tertiary/aromatic N) is 5. The van der Waals surface area contributed by atoms with Crippen molar-refractivity contribution in [1.82, 2.24) is 24.9 Å². The highest BCUT2D eigenvalue weighted by atomic mass is 19.1. The second-order valence-electron chi connectivity index (χ2n) is 6.55. The number of aromatic nitrogens is 5. The lowest BCUT2D eigenvalue weighted by Gasteiger charge is -2.09. The van der Waals surface area contributed by atoms with Gasteiger partial charge in [-0.15, -0.1) is 0 Å². The fraction of sp³-hybridized carbons (Fsp3) is 0. The van der Waals surface area contributed by atoms with Crippen LogP contribution in [0.5, 0.6) is 0 Å². The van der Waals surface area contributed by atoms with Gasteiger partial charge in [0.05, 0.1) is 23.0 Å². The summed E-state index contributed by atoms with van der Waals surface area (Å²) >= 11 is 0. The Balaban J connectivity index is 1.68. The van der Waals surface area contributed by atoms with Gasteiger partial charge in [0, 0.05) is 18.0 Å². The topological polar surface area (TPSA) is 69.6 Å². The van der Waals surface area contributed by atoms with Crippen molar-refractivity contribution in [2.75, 3.05) is 0 Å². The van der Waals surface area contributed by atoms with Gasteiger partial charge in [0.15, 0.2) is 0 Å². The van der Waals surface area contributed by atoms with E-state index in [0.717, 1.165) is 18.2 Å². The first-order chi connectivity index (χ1) is 15.1. The van der Waals surface area contributed by atoms with E-state index in [1.165, 1.54) is 16.9 Å². The molecule has 0 saturated carbocycles. The molecule has 5 rings (SSSR count). The lowest BCUT2D eigenvalue weighted by atomic mass is 10.1. The lowest BCUT2D eigenvalue weighted by molar-refractivity contribution is 0.432. The molecule has 152 valence electrons. The van der Waals surface area contributed by atoms with E-state index in [9.17, 15) is 13.2 Å². The van der Waals surface area contributed by atoms with Crippen LogP contribution in [0, 0.1) is 17.5 Å². The van der Waals surface area contributed by atoms with E-state index in [1.807, 2.05) is 0 Å². The Bertz CT molecular complexity index is 1380. The third-order valence-corrected chi connectivity index (χ3v) is 4.63. The van der Waals surface area contributed by atoms with Crippen LogP contribution in [0.3, 0.4) is 0 Å². The highest BCUT2D eigenvalue weighted by Gasteiger charge is 2.23. The summed E-state index contributed by atoms with van der Waals surface area (Å²) in [6.45, 7) is 0. The fourth-order valence-electron chi connectivity index (χ4n) is 3.21. The minimum atomic E-state index is -0.690. The van der Waals surface area contributed by atoms with E-state index in [-0.39, 0.29) is 23.0 Å². The largest absolute Gasteiger partial charge is 0.333 e. The third-order valence-electron chi connectivity index (χ3n) is 4.63. The SMILES string of the molecule is Fc1ccc(F)c(-c2noc(-c3cnn(-c4ccccc4F)c3-c3ccncc3)n2)c1. The van der Waals surface area contributed by atoms with Crippen molar-refractivity contribution in [3.63, 3.8) is 0 Å². The van der Waals surface area contributed by atoms with Crippen LogP contribution >= 0.6 is 0 Å². The van der Waals surface area contributed by atoms with Crippen LogP contribution in [0.4, 0.5) is 13.2 Å². The van der Waals surface area contributed by atoms with E-state index in [1.54, 1.807) is 42.7 Å². The number of rotatable bonds is 4. The molecule has 0 unspecified atom stereocenters. The highest BCUT2D eigenvalue weighted by molar-refractivity contribution is 5.78. The molecule has 0 bridgehead atoms. The molecule has 0 radical (unpaired) electrons. The van der Waals surface area contributed by atoms with Crippen LogP contribution in [-0.4, -0.2) is 24.9 Å². The van der Waals surface area contributed by atoms with Crippen molar-refractivity contribution in [3.05, 3.63) is 90.6 Å². The first kappa shape index (κ1) is 18.7. The summed E-state index contributed by atoms with van der Waals surface area (Å²) in [5.74, 6) is -1.89. The first-order valence-electron chi connectivity index (χ1n) is 9.14. The molecule has 0 atom stereocenters. The van der Waals surface area contributed by atoms with Crippen LogP contribution in [0.15, 0.2) is 77.7 Å². The Morgan fingerprint density at radius 3 is 2.45 bits per heavy atom. The van der Waals surface area contributed by atoms with E-state index in [2.05, 4.69) is 20.2 Å². The molecular formula is C22H12F3N5O. The van der Waals surface area contributed by atoms with E-state index in [4.69, 9.17) is 4.52 Å². The van der Waals surface area contributed by atoms with Gasteiger partial charge in [-0.3, -0.25) is 4.98 Å². The molecule has 0 aliphatic heterocycles. The smallest absolute Gasteiger partial charge is 0.262 e. The van der Waals surface area contributed by atoms with Crippen LogP contribution < -0.4 is 0 Å². The van der Waals surface area contributed by atoms with Gasteiger partial charge in [0.1, 0.15) is 23.1 Å². The summed E-state index contributed by atoms with van der Waals surface area (Å²) in [7, 11) is 0. The number of pyridine rings is 1. The number of halogens is 3.